The van der Waals surface area contributed by atoms with E-state index < -0.39 is 0 Å². The molecule has 0 spiro atoms. The monoisotopic (exact) mass is 364 g/mol. The summed E-state index contributed by atoms with van der Waals surface area (Å²) < 4.78 is 5.10. The zero-order valence-electron chi connectivity index (χ0n) is 11.5. The van der Waals surface area contributed by atoms with Gasteiger partial charge in [-0.15, -0.1) is 0 Å². The molecule has 0 aliphatic heterocycles. The first-order chi connectivity index (χ1) is 10.1. The van der Waals surface area contributed by atoms with Crippen LogP contribution in [-0.2, 0) is 20.0 Å². The first-order valence-electron chi connectivity index (χ1n) is 6.53. The number of hydrogen-bond acceptors (Lipinski definition) is 2. The Morgan fingerprint density at radius 3 is 2.57 bits per heavy atom. The molecule has 0 radical (unpaired) electrons. The molecule has 21 heavy (non-hydrogen) atoms. The Morgan fingerprint density at radius 2 is 1.86 bits per heavy atom. The number of nitrogens with zero attached hydrogens (tertiary/aromatic N) is 4. The van der Waals surface area contributed by atoms with Gasteiger partial charge in [0.15, 0.2) is 0 Å². The lowest BCUT2D eigenvalue weighted by atomic mass is 10.1. The Kier molecular flexibility index (Phi) is 4.12. The second kappa shape index (κ2) is 6.03. The lowest BCUT2D eigenvalue weighted by Crippen LogP contribution is -2.09. The fourth-order valence-corrected chi connectivity index (χ4v) is 3.18. The normalized spacial score (nSPS) is 11.0. The quantitative estimate of drug-likeness (QED) is 0.707. The van der Waals surface area contributed by atoms with Gasteiger partial charge in [-0.2, -0.15) is 0 Å². The minimum absolute atomic E-state index is 0.709. The van der Waals surface area contributed by atoms with Crippen molar-refractivity contribution in [2.45, 2.75) is 13.0 Å². The number of benzene rings is 1. The molecule has 0 atom stereocenters. The molecule has 108 valence electrons. The molecule has 0 saturated heterocycles. The van der Waals surface area contributed by atoms with Crippen molar-refractivity contribution in [1.29, 1.82) is 0 Å². The van der Waals surface area contributed by atoms with E-state index in [0.717, 1.165) is 33.1 Å². The van der Waals surface area contributed by atoms with E-state index in [1.807, 2.05) is 42.3 Å². The van der Waals surface area contributed by atoms with E-state index in [0.29, 0.717) is 6.54 Å². The minimum Gasteiger partial charge on any atom is -0.337 e. The van der Waals surface area contributed by atoms with Crippen LogP contribution in [0.3, 0.4) is 0 Å². The van der Waals surface area contributed by atoms with Crippen LogP contribution in [0, 0.1) is 0 Å². The molecule has 6 heteroatoms. The van der Waals surface area contributed by atoms with Gasteiger partial charge in [0, 0.05) is 47.8 Å². The second-order valence-corrected chi connectivity index (χ2v) is 6.23. The highest BCUT2D eigenvalue weighted by Gasteiger charge is 2.08. The average molecular weight is 366 g/mol. The maximum absolute atomic E-state index is 6.10. The van der Waals surface area contributed by atoms with Crippen LogP contribution >= 0.6 is 27.5 Å². The summed E-state index contributed by atoms with van der Waals surface area (Å²) >= 11 is 9.56. The zero-order chi connectivity index (χ0) is 14.8. The minimum atomic E-state index is 0.709. The van der Waals surface area contributed by atoms with Gasteiger partial charge in [-0.25, -0.2) is 9.97 Å². The standard InChI is InChI=1S/C15H14BrClN4/c1-20-4-2-19-15(20)10-21-5-3-18-14(21)8-11-6-12(16)9-13(17)7-11/h2-7,9H,8,10H2,1H3. The average Bonchev–Trinajstić information content (AvgIpc) is 3.00. The van der Waals surface area contributed by atoms with E-state index in [1.165, 1.54) is 0 Å². The molecule has 0 saturated carbocycles. The summed E-state index contributed by atoms with van der Waals surface area (Å²) in [6, 6.07) is 5.91. The van der Waals surface area contributed by atoms with E-state index in [1.54, 1.807) is 6.20 Å². The van der Waals surface area contributed by atoms with Crippen molar-refractivity contribution in [1.82, 2.24) is 19.1 Å². The van der Waals surface area contributed by atoms with Crippen molar-refractivity contribution in [3.8, 4) is 0 Å². The second-order valence-electron chi connectivity index (χ2n) is 4.88. The predicted molar refractivity (Wildman–Crippen MR) is 86.5 cm³/mol. The Bertz CT molecular complexity index is 742. The largest absolute Gasteiger partial charge is 0.337 e. The predicted octanol–water partition coefficient (Wildman–Crippen LogP) is 3.67. The third-order valence-electron chi connectivity index (χ3n) is 3.32. The summed E-state index contributed by atoms with van der Waals surface area (Å²) in [5.74, 6) is 1.99. The van der Waals surface area contributed by atoms with Crippen LogP contribution in [0.1, 0.15) is 17.2 Å². The summed E-state index contributed by atoms with van der Waals surface area (Å²) in [7, 11) is 1.99. The molecule has 0 aliphatic rings. The van der Waals surface area contributed by atoms with Gasteiger partial charge in [-0.05, 0) is 23.8 Å². The van der Waals surface area contributed by atoms with Gasteiger partial charge in [0.05, 0.1) is 6.54 Å². The number of imidazole rings is 2. The van der Waals surface area contributed by atoms with Crippen LogP contribution in [0.2, 0.25) is 5.02 Å². The maximum Gasteiger partial charge on any atom is 0.128 e. The van der Waals surface area contributed by atoms with Gasteiger partial charge >= 0.3 is 0 Å². The molecule has 3 aromatic rings. The van der Waals surface area contributed by atoms with Crippen molar-refractivity contribution in [3.63, 3.8) is 0 Å². The van der Waals surface area contributed by atoms with Crippen molar-refractivity contribution < 1.29 is 0 Å². The Hall–Kier alpha value is -1.59. The van der Waals surface area contributed by atoms with Crippen LogP contribution in [-0.4, -0.2) is 19.1 Å². The van der Waals surface area contributed by atoms with E-state index in [9.17, 15) is 0 Å². The van der Waals surface area contributed by atoms with Gasteiger partial charge in [0.1, 0.15) is 11.6 Å². The summed E-state index contributed by atoms with van der Waals surface area (Å²) in [4.78, 5) is 8.80. The molecule has 0 aliphatic carbocycles. The van der Waals surface area contributed by atoms with E-state index in [4.69, 9.17) is 11.6 Å². The molecule has 2 aromatic heterocycles. The molecule has 0 bridgehead atoms. The fraction of sp³-hybridized carbons (Fsp3) is 0.200. The number of aryl methyl sites for hydroxylation is 1. The summed E-state index contributed by atoms with van der Waals surface area (Å²) in [6.07, 6.45) is 8.28. The summed E-state index contributed by atoms with van der Waals surface area (Å²) in [5.41, 5.74) is 1.13. The lowest BCUT2D eigenvalue weighted by Gasteiger charge is -2.08. The molecular formula is C15H14BrClN4. The Balaban J connectivity index is 1.84. The first-order valence-corrected chi connectivity index (χ1v) is 7.70. The van der Waals surface area contributed by atoms with Crippen molar-refractivity contribution >= 4 is 27.5 Å². The SMILES string of the molecule is Cn1ccnc1Cn1ccnc1Cc1cc(Cl)cc(Br)c1. The third kappa shape index (κ3) is 3.36. The van der Waals surface area contributed by atoms with E-state index in [-0.39, 0.29) is 0 Å². The van der Waals surface area contributed by atoms with Crippen LogP contribution in [0.25, 0.3) is 0 Å². The smallest absolute Gasteiger partial charge is 0.128 e. The number of hydrogen-bond donors (Lipinski definition) is 0. The first kappa shape index (κ1) is 14.4. The lowest BCUT2D eigenvalue weighted by molar-refractivity contribution is 0.671. The third-order valence-corrected chi connectivity index (χ3v) is 4.00. The molecular weight excluding hydrogens is 352 g/mol. The highest BCUT2D eigenvalue weighted by Crippen LogP contribution is 2.21. The fourth-order valence-electron chi connectivity index (χ4n) is 2.25. The van der Waals surface area contributed by atoms with Gasteiger partial charge in [0.2, 0.25) is 0 Å². The number of rotatable bonds is 4. The van der Waals surface area contributed by atoms with Crippen LogP contribution in [0.4, 0.5) is 0 Å². The van der Waals surface area contributed by atoms with Gasteiger partial charge in [-0.1, -0.05) is 27.5 Å². The van der Waals surface area contributed by atoms with Crippen LogP contribution in [0.5, 0.6) is 0 Å². The summed E-state index contributed by atoms with van der Waals surface area (Å²) in [5, 5.41) is 0.724. The number of aromatic nitrogens is 4. The Morgan fingerprint density at radius 1 is 1.10 bits per heavy atom. The van der Waals surface area contributed by atoms with Crippen LogP contribution in [0.15, 0.2) is 47.5 Å². The molecule has 2 heterocycles. The van der Waals surface area contributed by atoms with Crippen LogP contribution < -0.4 is 0 Å². The molecule has 3 rings (SSSR count). The van der Waals surface area contributed by atoms with Crippen molar-refractivity contribution in [2.75, 3.05) is 0 Å². The van der Waals surface area contributed by atoms with E-state index >= 15 is 0 Å². The zero-order valence-corrected chi connectivity index (χ0v) is 13.8. The topological polar surface area (TPSA) is 35.6 Å². The molecule has 4 nitrogen and oxygen atoms in total. The van der Waals surface area contributed by atoms with Crippen molar-refractivity contribution in [2.24, 2.45) is 7.05 Å². The molecule has 0 amide bonds. The van der Waals surface area contributed by atoms with E-state index in [2.05, 4.69) is 36.5 Å². The molecule has 1 aromatic carbocycles. The molecule has 0 N–H and O–H groups in total. The summed E-state index contributed by atoms with van der Waals surface area (Å²) in [6.45, 7) is 0.709. The highest BCUT2D eigenvalue weighted by atomic mass is 79.9. The van der Waals surface area contributed by atoms with Gasteiger partial charge < -0.3 is 9.13 Å². The maximum atomic E-state index is 6.10. The van der Waals surface area contributed by atoms with Crippen molar-refractivity contribution in [3.05, 3.63) is 69.7 Å². The highest BCUT2D eigenvalue weighted by molar-refractivity contribution is 9.10. The Labute approximate surface area is 136 Å². The number of halogens is 2. The van der Waals surface area contributed by atoms with Gasteiger partial charge in [0.25, 0.3) is 0 Å². The molecule has 0 unspecified atom stereocenters. The van der Waals surface area contributed by atoms with Gasteiger partial charge in [-0.3, -0.25) is 0 Å². The molecule has 0 fully saturated rings.